The van der Waals surface area contributed by atoms with Gasteiger partial charge in [0.25, 0.3) is 11.8 Å². The molecule has 0 aliphatic rings. The second-order valence-corrected chi connectivity index (χ2v) is 5.98. The van der Waals surface area contributed by atoms with E-state index in [-0.39, 0.29) is 30.7 Å². The van der Waals surface area contributed by atoms with Gasteiger partial charge >= 0.3 is 0 Å². The Balaban J connectivity index is 1.86. The number of carbonyl (C=O) groups is 2. The summed E-state index contributed by atoms with van der Waals surface area (Å²) in [6.45, 7) is 0.177. The Labute approximate surface area is 157 Å². The number of amides is 2. The topological polar surface area (TPSA) is 81.1 Å². The van der Waals surface area contributed by atoms with Crippen molar-refractivity contribution in [3.63, 3.8) is 0 Å². The fourth-order valence-electron chi connectivity index (χ4n) is 2.45. The van der Waals surface area contributed by atoms with E-state index in [9.17, 15) is 14.0 Å². The van der Waals surface area contributed by atoms with Crippen molar-refractivity contribution in [2.24, 2.45) is 0 Å². The minimum atomic E-state index is -0.374. The normalized spacial score (nSPS) is 11.4. The van der Waals surface area contributed by atoms with Crippen LogP contribution >= 0.6 is 0 Å². The molecule has 0 saturated heterocycles. The second kappa shape index (κ2) is 9.54. The highest BCUT2D eigenvalue weighted by atomic mass is 19.1. The smallest absolute Gasteiger partial charge is 0.279 e. The average Bonchev–Trinajstić information content (AvgIpc) is 2.63. The summed E-state index contributed by atoms with van der Waals surface area (Å²) in [7, 11) is 4.78. The predicted molar refractivity (Wildman–Crippen MR) is 99.8 cm³/mol. The molecule has 0 aromatic heterocycles. The van der Waals surface area contributed by atoms with Crippen LogP contribution in [0.5, 0.6) is 11.5 Å². The number of carbonyl (C=O) groups excluding carboxylic acids is 2. The van der Waals surface area contributed by atoms with Gasteiger partial charge in [0.15, 0.2) is 13.1 Å². The number of methoxy groups -OCH3 is 2. The van der Waals surface area contributed by atoms with Crippen LogP contribution in [-0.2, 0) is 9.59 Å². The van der Waals surface area contributed by atoms with Gasteiger partial charge in [-0.1, -0.05) is 0 Å². The number of nitrogens with one attached hydrogen (secondary N) is 3. The molecule has 2 amide bonds. The Hall–Kier alpha value is -3.13. The highest BCUT2D eigenvalue weighted by molar-refractivity contribution is 5.94. The van der Waals surface area contributed by atoms with Crippen LogP contribution in [0.3, 0.4) is 0 Å². The lowest BCUT2D eigenvalue weighted by Gasteiger charge is -2.15. The van der Waals surface area contributed by atoms with Crippen LogP contribution in [0.15, 0.2) is 42.5 Å². The first-order valence-corrected chi connectivity index (χ1v) is 8.30. The van der Waals surface area contributed by atoms with E-state index in [0.717, 1.165) is 0 Å². The van der Waals surface area contributed by atoms with E-state index in [4.69, 9.17) is 9.47 Å². The zero-order chi connectivity index (χ0) is 19.8. The molecule has 0 aliphatic carbocycles. The largest absolute Gasteiger partial charge is 0.497 e. The summed E-state index contributed by atoms with van der Waals surface area (Å²) in [6.07, 6.45) is 0. The number of anilines is 2. The predicted octanol–water partition coefficient (Wildman–Crippen LogP) is 0.935. The van der Waals surface area contributed by atoms with E-state index in [2.05, 4.69) is 10.6 Å². The van der Waals surface area contributed by atoms with Gasteiger partial charge in [0, 0.05) is 11.8 Å². The molecule has 2 rings (SSSR count). The van der Waals surface area contributed by atoms with E-state index in [1.54, 1.807) is 32.4 Å². The van der Waals surface area contributed by atoms with Crippen LogP contribution in [0.1, 0.15) is 0 Å². The molecule has 0 bridgehead atoms. The SMILES string of the molecule is COc1ccc(NC(=O)C[NH+](C)CC(=O)Nc2ccc(F)cc2)c(OC)c1. The number of ether oxygens (including phenoxy) is 2. The Morgan fingerprint density at radius 3 is 2.19 bits per heavy atom. The summed E-state index contributed by atoms with van der Waals surface area (Å²) >= 11 is 0. The molecule has 0 fully saturated rings. The van der Waals surface area contributed by atoms with Crippen molar-refractivity contribution in [2.45, 2.75) is 0 Å². The molecule has 0 saturated carbocycles. The third-order valence-electron chi connectivity index (χ3n) is 3.74. The molecular formula is C19H23FN3O4+. The van der Waals surface area contributed by atoms with Crippen molar-refractivity contribution < 1.29 is 28.4 Å². The Kier molecular flexibility index (Phi) is 7.13. The summed E-state index contributed by atoms with van der Waals surface area (Å²) in [5.41, 5.74) is 1.02. The minimum Gasteiger partial charge on any atom is -0.497 e. The molecule has 2 aromatic carbocycles. The van der Waals surface area contributed by atoms with Crippen LogP contribution in [0.25, 0.3) is 0 Å². The highest BCUT2D eigenvalue weighted by Gasteiger charge is 2.16. The molecule has 3 N–H and O–H groups in total. The van der Waals surface area contributed by atoms with E-state index in [1.165, 1.54) is 31.4 Å². The van der Waals surface area contributed by atoms with Gasteiger partial charge < -0.3 is 25.0 Å². The summed E-state index contributed by atoms with van der Waals surface area (Å²) in [5.74, 6) is 0.195. The van der Waals surface area contributed by atoms with Gasteiger partial charge in [0.1, 0.15) is 17.3 Å². The van der Waals surface area contributed by atoms with Gasteiger partial charge in [-0.3, -0.25) is 9.59 Å². The van der Waals surface area contributed by atoms with Gasteiger partial charge in [-0.2, -0.15) is 0 Å². The molecule has 2 aromatic rings. The summed E-state index contributed by atoms with van der Waals surface area (Å²) < 4.78 is 23.2. The molecular weight excluding hydrogens is 353 g/mol. The monoisotopic (exact) mass is 376 g/mol. The van der Waals surface area contributed by atoms with Crippen molar-refractivity contribution in [3.8, 4) is 11.5 Å². The van der Waals surface area contributed by atoms with Gasteiger partial charge in [-0.25, -0.2) is 4.39 Å². The minimum absolute atomic E-state index is 0.0878. The van der Waals surface area contributed by atoms with Crippen molar-refractivity contribution in [1.82, 2.24) is 0 Å². The summed E-state index contributed by atoms with van der Waals surface area (Å²) in [6, 6.07) is 10.6. The maximum absolute atomic E-state index is 12.9. The lowest BCUT2D eigenvalue weighted by Crippen LogP contribution is -3.11. The average molecular weight is 376 g/mol. The van der Waals surface area contributed by atoms with E-state index in [1.807, 2.05) is 0 Å². The molecule has 0 radical (unpaired) electrons. The number of quaternary nitrogens is 1. The number of rotatable bonds is 8. The standard InChI is InChI=1S/C19H22FN3O4/c1-23(11-18(24)21-14-6-4-13(20)5-7-14)12-19(25)22-16-9-8-15(26-2)10-17(16)27-3/h4-10H,11-12H2,1-3H3,(H,21,24)(H,22,25)/p+1. The van der Waals surface area contributed by atoms with Gasteiger partial charge in [0.05, 0.1) is 27.0 Å². The second-order valence-electron chi connectivity index (χ2n) is 5.98. The molecule has 144 valence electrons. The van der Waals surface area contributed by atoms with Crippen molar-refractivity contribution in [2.75, 3.05) is 45.0 Å². The van der Waals surface area contributed by atoms with Gasteiger partial charge in [-0.05, 0) is 36.4 Å². The zero-order valence-corrected chi connectivity index (χ0v) is 15.5. The zero-order valence-electron chi connectivity index (χ0n) is 15.5. The third-order valence-corrected chi connectivity index (χ3v) is 3.74. The van der Waals surface area contributed by atoms with E-state index in [0.29, 0.717) is 27.8 Å². The Bertz CT molecular complexity index is 796. The molecule has 1 unspecified atom stereocenters. The molecule has 0 heterocycles. The Morgan fingerprint density at radius 2 is 1.59 bits per heavy atom. The number of likely N-dealkylation sites (N-methyl/N-ethyl adjacent to an activating group) is 1. The molecule has 1 atom stereocenters. The number of benzene rings is 2. The lowest BCUT2D eigenvalue weighted by atomic mass is 10.2. The van der Waals surface area contributed by atoms with Crippen LogP contribution < -0.4 is 25.0 Å². The molecule has 27 heavy (non-hydrogen) atoms. The quantitative estimate of drug-likeness (QED) is 0.640. The number of halogens is 1. The lowest BCUT2D eigenvalue weighted by molar-refractivity contribution is -0.862. The third kappa shape index (κ3) is 6.27. The van der Waals surface area contributed by atoms with Crippen LogP contribution in [-0.4, -0.2) is 46.2 Å². The van der Waals surface area contributed by atoms with Crippen LogP contribution in [0.4, 0.5) is 15.8 Å². The maximum atomic E-state index is 12.9. The first-order chi connectivity index (χ1) is 12.9. The molecule has 0 spiro atoms. The van der Waals surface area contributed by atoms with Gasteiger partial charge in [-0.15, -0.1) is 0 Å². The van der Waals surface area contributed by atoms with Crippen molar-refractivity contribution >= 4 is 23.2 Å². The van der Waals surface area contributed by atoms with Crippen LogP contribution in [0, 0.1) is 5.82 Å². The fourth-order valence-corrected chi connectivity index (χ4v) is 2.45. The van der Waals surface area contributed by atoms with E-state index < -0.39 is 0 Å². The van der Waals surface area contributed by atoms with Crippen molar-refractivity contribution in [1.29, 1.82) is 0 Å². The maximum Gasteiger partial charge on any atom is 0.279 e. The first-order valence-electron chi connectivity index (χ1n) is 8.30. The summed E-state index contributed by atoms with van der Waals surface area (Å²) in [5, 5.41) is 5.42. The van der Waals surface area contributed by atoms with Gasteiger partial charge in [0.2, 0.25) is 0 Å². The molecule has 8 heteroatoms. The summed E-state index contributed by atoms with van der Waals surface area (Å²) in [4.78, 5) is 25.0. The number of hydrogen-bond donors (Lipinski definition) is 3. The van der Waals surface area contributed by atoms with Crippen LogP contribution in [0.2, 0.25) is 0 Å². The fraction of sp³-hybridized carbons (Fsp3) is 0.263. The number of hydrogen-bond acceptors (Lipinski definition) is 4. The first kappa shape index (κ1) is 20.2. The van der Waals surface area contributed by atoms with Crippen molar-refractivity contribution in [3.05, 3.63) is 48.3 Å². The van der Waals surface area contributed by atoms with E-state index >= 15 is 0 Å². The molecule has 7 nitrogen and oxygen atoms in total. The molecule has 0 aliphatic heterocycles. The Morgan fingerprint density at radius 1 is 0.963 bits per heavy atom. The highest BCUT2D eigenvalue weighted by Crippen LogP contribution is 2.28.